The number of alkyl halides is 4. The smallest absolute Gasteiger partial charge is 0.460 e. The number of aromatic nitrogens is 2. The molecule has 1 aromatic heterocycles. The molecule has 0 atom stereocenters. The number of aryl methyl sites for hydroxylation is 1. The molecule has 2 rings (SSSR count). The van der Waals surface area contributed by atoms with E-state index in [0.717, 1.165) is 12.5 Å². The van der Waals surface area contributed by atoms with Crippen molar-refractivity contribution in [3.05, 3.63) is 59.1 Å². The van der Waals surface area contributed by atoms with E-state index in [1.807, 2.05) is 6.92 Å². The van der Waals surface area contributed by atoms with Crippen molar-refractivity contribution < 1.29 is 31.4 Å². The molecule has 0 fully saturated rings. The minimum absolute atomic E-state index is 0.355. The summed E-state index contributed by atoms with van der Waals surface area (Å²) in [5, 5.41) is -0.445. The summed E-state index contributed by atoms with van der Waals surface area (Å²) in [6.45, 7) is 1.92. The second-order valence-electron chi connectivity index (χ2n) is 5.28. The lowest BCUT2D eigenvalue weighted by Crippen LogP contribution is -2.25. The van der Waals surface area contributed by atoms with Gasteiger partial charge >= 0.3 is 6.11 Å². The summed E-state index contributed by atoms with van der Waals surface area (Å²) in [7, 11) is 0. The van der Waals surface area contributed by atoms with Crippen molar-refractivity contribution in [2.45, 2.75) is 32.3 Å². The van der Waals surface area contributed by atoms with Gasteiger partial charge in [-0.25, -0.2) is 23.1 Å². The molecule has 0 unspecified atom stereocenters. The summed E-state index contributed by atoms with van der Waals surface area (Å²) < 4.78 is 75.5. The molecule has 0 bridgehead atoms. The molecule has 0 radical (unpaired) electrons. The molecule has 0 spiro atoms. The van der Waals surface area contributed by atoms with Crippen molar-refractivity contribution in [1.82, 2.24) is 9.97 Å². The Balaban J connectivity index is 2.18. The molecule has 27 heavy (non-hydrogen) atoms. The maximum atomic E-state index is 14.2. The molecule has 0 amide bonds. The van der Waals surface area contributed by atoms with E-state index in [9.17, 15) is 22.0 Å². The summed E-state index contributed by atoms with van der Waals surface area (Å²) in [4.78, 5) is 7.13. The Morgan fingerprint density at radius 2 is 1.89 bits per heavy atom. The van der Waals surface area contributed by atoms with E-state index in [0.29, 0.717) is 30.4 Å². The van der Waals surface area contributed by atoms with Crippen LogP contribution in [0.15, 0.2) is 36.9 Å². The van der Waals surface area contributed by atoms with Crippen LogP contribution in [0.25, 0.3) is 0 Å². The number of nitrogens with zero attached hydrogens (tertiary/aromatic N) is 2. The van der Waals surface area contributed by atoms with Crippen LogP contribution in [0.4, 0.5) is 22.0 Å². The third-order valence-electron chi connectivity index (χ3n) is 3.13. The molecule has 146 valence electrons. The van der Waals surface area contributed by atoms with Crippen LogP contribution >= 0.6 is 11.6 Å². The van der Waals surface area contributed by atoms with Crippen LogP contribution in [-0.4, -0.2) is 16.4 Å². The van der Waals surface area contributed by atoms with E-state index in [2.05, 4.69) is 19.4 Å². The van der Waals surface area contributed by atoms with Gasteiger partial charge in [0.05, 0.1) is 11.3 Å². The van der Waals surface area contributed by atoms with Gasteiger partial charge in [0.1, 0.15) is 5.75 Å². The van der Waals surface area contributed by atoms with Gasteiger partial charge in [-0.2, -0.15) is 8.78 Å². The third-order valence-corrected chi connectivity index (χ3v) is 3.41. The monoisotopic (exact) mass is 408 g/mol. The van der Waals surface area contributed by atoms with Crippen LogP contribution in [0.1, 0.15) is 24.7 Å². The zero-order chi connectivity index (χ0) is 20.0. The maximum absolute atomic E-state index is 14.2. The van der Waals surface area contributed by atoms with Crippen molar-refractivity contribution in [3.8, 4) is 11.5 Å². The van der Waals surface area contributed by atoms with Crippen LogP contribution < -0.4 is 9.47 Å². The number of halogens is 6. The molecular formula is C17H14ClF5N2O2. The van der Waals surface area contributed by atoms with E-state index < -0.39 is 40.7 Å². The zero-order valence-electron chi connectivity index (χ0n) is 13.9. The van der Waals surface area contributed by atoms with Crippen molar-refractivity contribution in [3.63, 3.8) is 0 Å². The number of rotatable bonds is 8. The average molecular weight is 409 g/mol. The average Bonchev–Trinajstić information content (AvgIpc) is 2.57. The minimum Gasteiger partial charge on any atom is -0.460 e. The predicted octanol–water partition coefficient (Wildman–Crippen LogP) is 5.51. The fraction of sp³-hybridized carbons (Fsp3) is 0.294. The molecule has 1 heterocycles. The highest BCUT2D eigenvalue weighted by Crippen LogP contribution is 2.36. The summed E-state index contributed by atoms with van der Waals surface area (Å²) in [5.41, 5.74) is 0.685. The van der Waals surface area contributed by atoms with Crippen LogP contribution in [-0.2, 0) is 12.5 Å². The summed E-state index contributed by atoms with van der Waals surface area (Å²) in [5.74, 6) is -3.30. The fourth-order valence-electron chi connectivity index (χ4n) is 1.99. The standard InChI is InChI=1S/C17H14ClF5N2O2/c1-2-3-10-8-24-16(25-9-10)17(22,23)27-11-6-12(18)15(13(19)7-11)26-5-4-14(20)21/h4-9,14H,2-3H2,1H3/b5-4+. The lowest BCUT2D eigenvalue weighted by Gasteiger charge is -2.17. The molecule has 10 heteroatoms. The van der Waals surface area contributed by atoms with Gasteiger partial charge in [0, 0.05) is 30.6 Å². The number of allylic oxidation sites excluding steroid dienone is 1. The van der Waals surface area contributed by atoms with Gasteiger partial charge in [0.2, 0.25) is 5.82 Å². The highest BCUT2D eigenvalue weighted by molar-refractivity contribution is 6.32. The van der Waals surface area contributed by atoms with Gasteiger partial charge in [0.25, 0.3) is 6.43 Å². The molecule has 0 aliphatic carbocycles. The first-order valence-corrected chi connectivity index (χ1v) is 8.09. The first-order chi connectivity index (χ1) is 12.7. The number of hydrogen-bond donors (Lipinski definition) is 0. The van der Waals surface area contributed by atoms with Crippen LogP contribution in [0.5, 0.6) is 11.5 Å². The quantitative estimate of drug-likeness (QED) is 0.427. The lowest BCUT2D eigenvalue weighted by atomic mass is 10.2. The Bertz CT molecular complexity index is 777. The second-order valence-corrected chi connectivity index (χ2v) is 5.69. The highest BCUT2D eigenvalue weighted by atomic mass is 35.5. The minimum atomic E-state index is -3.95. The molecule has 2 aromatic rings. The van der Waals surface area contributed by atoms with Crippen molar-refractivity contribution in [2.24, 2.45) is 0 Å². The van der Waals surface area contributed by atoms with E-state index in [1.165, 1.54) is 12.4 Å². The Kier molecular flexibility index (Phi) is 6.95. The number of hydrogen-bond acceptors (Lipinski definition) is 4. The van der Waals surface area contributed by atoms with Crippen molar-refractivity contribution in [2.75, 3.05) is 0 Å². The van der Waals surface area contributed by atoms with Crippen molar-refractivity contribution >= 4 is 11.6 Å². The molecule has 0 N–H and O–H groups in total. The molecule has 0 saturated carbocycles. The Morgan fingerprint density at radius 1 is 1.22 bits per heavy atom. The topological polar surface area (TPSA) is 44.2 Å². The molecule has 1 aromatic carbocycles. The predicted molar refractivity (Wildman–Crippen MR) is 87.7 cm³/mol. The molecule has 0 aliphatic heterocycles. The largest absolute Gasteiger partial charge is 0.462 e. The van der Waals surface area contributed by atoms with Gasteiger partial charge in [-0.3, -0.25) is 0 Å². The van der Waals surface area contributed by atoms with Gasteiger partial charge in [0.15, 0.2) is 11.6 Å². The van der Waals surface area contributed by atoms with E-state index in [1.54, 1.807) is 0 Å². The highest BCUT2D eigenvalue weighted by Gasteiger charge is 2.38. The Morgan fingerprint density at radius 3 is 2.44 bits per heavy atom. The number of ether oxygens (including phenoxy) is 2. The molecule has 0 aliphatic rings. The molecule has 0 saturated heterocycles. The summed E-state index contributed by atoms with van der Waals surface area (Å²) in [6.07, 6.45) is -1.92. The van der Waals surface area contributed by atoms with Gasteiger partial charge in [-0.1, -0.05) is 24.9 Å². The first-order valence-electron chi connectivity index (χ1n) is 7.71. The molecule has 4 nitrogen and oxygen atoms in total. The second kappa shape index (κ2) is 8.98. The van der Waals surface area contributed by atoms with E-state index in [-0.39, 0.29) is 0 Å². The third kappa shape index (κ3) is 5.78. The Hall–Kier alpha value is -2.42. The number of benzene rings is 1. The zero-order valence-corrected chi connectivity index (χ0v) is 14.7. The van der Waals surface area contributed by atoms with E-state index >= 15 is 0 Å². The summed E-state index contributed by atoms with van der Waals surface area (Å²) >= 11 is 5.74. The molecular weight excluding hydrogens is 395 g/mol. The first kappa shape index (κ1) is 20.9. The summed E-state index contributed by atoms with van der Waals surface area (Å²) in [6, 6.07) is 1.44. The van der Waals surface area contributed by atoms with Gasteiger partial charge in [-0.15, -0.1) is 0 Å². The fourth-order valence-corrected chi connectivity index (χ4v) is 2.23. The van der Waals surface area contributed by atoms with Gasteiger partial charge in [-0.05, 0) is 12.0 Å². The van der Waals surface area contributed by atoms with Crippen LogP contribution in [0.2, 0.25) is 5.02 Å². The SMILES string of the molecule is CCCc1cnc(C(F)(F)Oc2cc(F)c(O/C=C/C(F)F)c(Cl)c2)nc1. The van der Waals surface area contributed by atoms with E-state index in [4.69, 9.17) is 11.6 Å². The van der Waals surface area contributed by atoms with Crippen LogP contribution in [0, 0.1) is 5.82 Å². The lowest BCUT2D eigenvalue weighted by molar-refractivity contribution is -0.192. The van der Waals surface area contributed by atoms with Gasteiger partial charge < -0.3 is 9.47 Å². The Labute approximate surface area is 156 Å². The maximum Gasteiger partial charge on any atom is 0.462 e. The van der Waals surface area contributed by atoms with Crippen LogP contribution in [0.3, 0.4) is 0 Å². The normalized spacial score (nSPS) is 12.0. The van der Waals surface area contributed by atoms with Crippen molar-refractivity contribution in [1.29, 1.82) is 0 Å².